The van der Waals surface area contributed by atoms with E-state index in [9.17, 15) is 13.2 Å². The van der Waals surface area contributed by atoms with E-state index in [1.165, 1.54) is 10.4 Å². The van der Waals surface area contributed by atoms with Gasteiger partial charge in [0.05, 0.1) is 24.7 Å². The Morgan fingerprint density at radius 3 is 2.52 bits per heavy atom. The number of nitrogens with one attached hydrogen (secondary N) is 1. The number of hydrogen-bond donors (Lipinski definition) is 1. The summed E-state index contributed by atoms with van der Waals surface area (Å²) < 4.78 is 43.4. The van der Waals surface area contributed by atoms with Crippen LogP contribution in [0.5, 0.6) is 11.5 Å². The van der Waals surface area contributed by atoms with E-state index >= 15 is 0 Å². The van der Waals surface area contributed by atoms with Crippen molar-refractivity contribution in [2.75, 3.05) is 39.5 Å². The summed E-state index contributed by atoms with van der Waals surface area (Å²) in [6.45, 7) is 2.19. The van der Waals surface area contributed by atoms with Crippen molar-refractivity contribution in [3.63, 3.8) is 0 Å². The molecule has 2 aromatic carbocycles. The Bertz CT molecular complexity index is 1050. The van der Waals surface area contributed by atoms with E-state index in [0.29, 0.717) is 51.0 Å². The number of benzene rings is 2. The van der Waals surface area contributed by atoms with E-state index in [2.05, 4.69) is 5.32 Å². The Morgan fingerprint density at radius 1 is 1.06 bits per heavy atom. The number of sulfonamides is 1. The molecule has 0 spiro atoms. The maximum Gasteiger partial charge on any atom is 0.244 e. The maximum atomic E-state index is 12.6. The number of amides is 1. The van der Waals surface area contributed by atoms with Gasteiger partial charge in [0.25, 0.3) is 0 Å². The molecule has 2 aliphatic heterocycles. The SMILES string of the molecule is O=C(/C=C/c1ccc(S(=O)(=O)N2CCOCC2)cc1)NC[C@@H]1COc2ccccc2O1. The zero-order chi connectivity index (χ0) is 21.7. The van der Waals surface area contributed by atoms with Gasteiger partial charge in [0, 0.05) is 19.2 Å². The van der Waals surface area contributed by atoms with Gasteiger partial charge in [0.2, 0.25) is 15.9 Å². The predicted molar refractivity (Wildman–Crippen MR) is 114 cm³/mol. The van der Waals surface area contributed by atoms with Crippen molar-refractivity contribution in [2.45, 2.75) is 11.0 Å². The van der Waals surface area contributed by atoms with Gasteiger partial charge < -0.3 is 19.5 Å². The minimum absolute atomic E-state index is 0.228. The third-order valence-electron chi connectivity index (χ3n) is 4.99. The minimum atomic E-state index is -3.53. The van der Waals surface area contributed by atoms with Gasteiger partial charge in [-0.25, -0.2) is 8.42 Å². The van der Waals surface area contributed by atoms with Gasteiger partial charge >= 0.3 is 0 Å². The van der Waals surface area contributed by atoms with Crippen molar-refractivity contribution in [1.82, 2.24) is 9.62 Å². The van der Waals surface area contributed by atoms with Gasteiger partial charge in [-0.3, -0.25) is 4.79 Å². The molecule has 0 radical (unpaired) electrons. The van der Waals surface area contributed by atoms with Crippen molar-refractivity contribution < 1.29 is 27.4 Å². The summed E-state index contributed by atoms with van der Waals surface area (Å²) in [5.41, 5.74) is 0.724. The fourth-order valence-corrected chi connectivity index (χ4v) is 4.70. The molecule has 0 bridgehead atoms. The van der Waals surface area contributed by atoms with Gasteiger partial charge in [-0.15, -0.1) is 0 Å². The number of para-hydroxylation sites is 2. The molecule has 0 aromatic heterocycles. The van der Waals surface area contributed by atoms with Gasteiger partial charge in [-0.1, -0.05) is 24.3 Å². The standard InChI is InChI=1S/C22H24N2O6S/c25-22(23-15-18-16-29-20-3-1-2-4-21(20)30-18)10-7-17-5-8-19(9-6-17)31(26,27)24-11-13-28-14-12-24/h1-10,18H,11-16H2,(H,23,25)/b10-7+/t18-/m1/s1. The molecule has 1 saturated heterocycles. The van der Waals surface area contributed by atoms with Crippen LogP contribution < -0.4 is 14.8 Å². The van der Waals surface area contributed by atoms with Crippen molar-refractivity contribution in [3.05, 3.63) is 60.2 Å². The van der Waals surface area contributed by atoms with E-state index in [1.807, 2.05) is 24.3 Å². The smallest absolute Gasteiger partial charge is 0.244 e. The summed E-state index contributed by atoms with van der Waals surface area (Å²) in [5.74, 6) is 1.09. The topological polar surface area (TPSA) is 94.2 Å². The maximum absolute atomic E-state index is 12.6. The molecule has 2 heterocycles. The Kier molecular flexibility index (Phi) is 6.55. The van der Waals surface area contributed by atoms with Crippen LogP contribution in [0, 0.1) is 0 Å². The molecule has 2 aromatic rings. The summed E-state index contributed by atoms with van der Waals surface area (Å²) in [5, 5.41) is 2.79. The second kappa shape index (κ2) is 9.51. The third kappa shape index (κ3) is 5.25. The minimum Gasteiger partial charge on any atom is -0.486 e. The highest BCUT2D eigenvalue weighted by Crippen LogP contribution is 2.30. The fourth-order valence-electron chi connectivity index (χ4n) is 3.30. The summed E-state index contributed by atoms with van der Waals surface area (Å²) in [6, 6.07) is 13.8. The molecular formula is C22H24N2O6S. The number of carbonyl (C=O) groups is 1. The second-order valence-electron chi connectivity index (χ2n) is 7.16. The van der Waals surface area contributed by atoms with Gasteiger partial charge in [0.15, 0.2) is 11.5 Å². The fraction of sp³-hybridized carbons (Fsp3) is 0.318. The van der Waals surface area contributed by atoms with E-state index in [-0.39, 0.29) is 16.9 Å². The Balaban J connectivity index is 1.29. The number of ether oxygens (including phenoxy) is 3. The lowest BCUT2D eigenvalue weighted by Crippen LogP contribution is -2.40. The zero-order valence-corrected chi connectivity index (χ0v) is 17.7. The summed E-state index contributed by atoms with van der Waals surface area (Å²) in [7, 11) is -3.53. The number of morpholine rings is 1. The molecule has 0 saturated carbocycles. The predicted octanol–water partition coefficient (Wildman–Crippen LogP) is 1.68. The monoisotopic (exact) mass is 444 g/mol. The highest BCUT2D eigenvalue weighted by atomic mass is 32.2. The summed E-state index contributed by atoms with van der Waals surface area (Å²) >= 11 is 0. The first-order valence-corrected chi connectivity index (χ1v) is 11.5. The molecule has 1 fully saturated rings. The number of rotatable bonds is 6. The summed E-state index contributed by atoms with van der Waals surface area (Å²) in [6.07, 6.45) is 2.77. The molecular weight excluding hydrogens is 420 g/mol. The molecule has 0 unspecified atom stereocenters. The highest BCUT2D eigenvalue weighted by molar-refractivity contribution is 7.89. The lowest BCUT2D eigenvalue weighted by molar-refractivity contribution is -0.116. The Morgan fingerprint density at radius 2 is 1.77 bits per heavy atom. The first-order chi connectivity index (χ1) is 15.0. The summed E-state index contributed by atoms with van der Waals surface area (Å²) in [4.78, 5) is 12.4. The van der Waals surface area contributed by atoms with Crippen LogP contribution in [-0.2, 0) is 19.6 Å². The van der Waals surface area contributed by atoms with Gasteiger partial charge in [0.1, 0.15) is 12.7 Å². The molecule has 9 heteroatoms. The largest absolute Gasteiger partial charge is 0.486 e. The number of nitrogens with zero attached hydrogens (tertiary/aromatic N) is 1. The first-order valence-electron chi connectivity index (χ1n) is 10.0. The lowest BCUT2D eigenvalue weighted by atomic mass is 10.2. The Labute approximate surface area is 181 Å². The van der Waals surface area contributed by atoms with Gasteiger partial charge in [-0.05, 0) is 35.9 Å². The van der Waals surface area contributed by atoms with Crippen LogP contribution in [0.3, 0.4) is 0 Å². The molecule has 31 heavy (non-hydrogen) atoms. The normalized spacial score (nSPS) is 19.3. The van der Waals surface area contributed by atoms with Crippen LogP contribution in [0.15, 0.2) is 59.5 Å². The van der Waals surface area contributed by atoms with Crippen LogP contribution in [0.25, 0.3) is 6.08 Å². The highest BCUT2D eigenvalue weighted by Gasteiger charge is 2.26. The Hall–Kier alpha value is -2.88. The number of carbonyl (C=O) groups excluding carboxylic acids is 1. The van der Waals surface area contributed by atoms with Crippen molar-refractivity contribution in [1.29, 1.82) is 0 Å². The molecule has 1 atom stereocenters. The van der Waals surface area contributed by atoms with Gasteiger partial charge in [-0.2, -0.15) is 4.31 Å². The van der Waals surface area contributed by atoms with E-state index < -0.39 is 10.0 Å². The molecule has 4 rings (SSSR count). The molecule has 2 aliphatic rings. The number of fused-ring (bicyclic) bond motifs is 1. The average molecular weight is 445 g/mol. The quantitative estimate of drug-likeness (QED) is 0.682. The van der Waals surface area contributed by atoms with E-state index in [0.717, 1.165) is 5.56 Å². The van der Waals surface area contributed by atoms with E-state index in [1.54, 1.807) is 30.3 Å². The van der Waals surface area contributed by atoms with Crippen LogP contribution >= 0.6 is 0 Å². The van der Waals surface area contributed by atoms with Crippen molar-refractivity contribution >= 4 is 22.0 Å². The van der Waals surface area contributed by atoms with Crippen LogP contribution in [0.4, 0.5) is 0 Å². The third-order valence-corrected chi connectivity index (χ3v) is 6.90. The molecule has 8 nitrogen and oxygen atoms in total. The molecule has 0 aliphatic carbocycles. The van der Waals surface area contributed by atoms with Crippen LogP contribution in [0.1, 0.15) is 5.56 Å². The van der Waals surface area contributed by atoms with E-state index in [4.69, 9.17) is 14.2 Å². The zero-order valence-electron chi connectivity index (χ0n) is 16.9. The first kappa shape index (κ1) is 21.4. The van der Waals surface area contributed by atoms with Crippen LogP contribution in [-0.4, -0.2) is 64.2 Å². The average Bonchev–Trinajstić information content (AvgIpc) is 2.82. The van der Waals surface area contributed by atoms with Crippen molar-refractivity contribution in [2.24, 2.45) is 0 Å². The molecule has 1 amide bonds. The molecule has 1 N–H and O–H groups in total. The van der Waals surface area contributed by atoms with Crippen LogP contribution in [0.2, 0.25) is 0 Å². The lowest BCUT2D eigenvalue weighted by Gasteiger charge is -2.26. The number of hydrogen-bond acceptors (Lipinski definition) is 6. The molecule has 164 valence electrons. The second-order valence-corrected chi connectivity index (χ2v) is 9.10. The van der Waals surface area contributed by atoms with Crippen molar-refractivity contribution in [3.8, 4) is 11.5 Å².